The van der Waals surface area contributed by atoms with Gasteiger partial charge >= 0.3 is 0 Å². The molecule has 3 nitrogen and oxygen atoms in total. The number of carbonyl (C=O) groups is 1. The molecule has 0 spiro atoms. The standard InChI is InChI=1S/C14H14ClFN2O/c1-3-11-8-13(18(2)17-11)14(19)6-9-4-5-10(16)7-12(9)15/h4-5,7-8H,3,6H2,1-2H3. The zero-order valence-corrected chi connectivity index (χ0v) is 11.5. The van der Waals surface area contributed by atoms with Crippen molar-refractivity contribution < 1.29 is 9.18 Å². The van der Waals surface area contributed by atoms with Crippen molar-refractivity contribution in [3.63, 3.8) is 0 Å². The number of rotatable bonds is 4. The van der Waals surface area contributed by atoms with Crippen LogP contribution in [0, 0.1) is 5.82 Å². The molecule has 2 rings (SSSR count). The zero-order chi connectivity index (χ0) is 14.0. The number of carbonyl (C=O) groups excluding carboxylic acids is 1. The quantitative estimate of drug-likeness (QED) is 0.806. The van der Waals surface area contributed by atoms with Gasteiger partial charge in [-0.15, -0.1) is 0 Å². The molecule has 0 radical (unpaired) electrons. The molecule has 0 aliphatic carbocycles. The maximum atomic E-state index is 12.9. The summed E-state index contributed by atoms with van der Waals surface area (Å²) in [6, 6.07) is 5.83. The summed E-state index contributed by atoms with van der Waals surface area (Å²) in [7, 11) is 1.73. The number of Topliss-reactive ketones (excluding diaryl/α,β-unsaturated/α-hetero) is 1. The van der Waals surface area contributed by atoms with Crippen LogP contribution in [0.1, 0.15) is 28.7 Å². The van der Waals surface area contributed by atoms with Gasteiger partial charge in [-0.2, -0.15) is 5.10 Å². The molecule has 1 heterocycles. The second-order valence-corrected chi connectivity index (χ2v) is 4.74. The van der Waals surface area contributed by atoms with Gasteiger partial charge in [0.05, 0.1) is 5.69 Å². The lowest BCUT2D eigenvalue weighted by atomic mass is 10.1. The maximum absolute atomic E-state index is 12.9. The smallest absolute Gasteiger partial charge is 0.185 e. The third-order valence-electron chi connectivity index (χ3n) is 2.94. The molecule has 0 unspecified atom stereocenters. The lowest BCUT2D eigenvalue weighted by molar-refractivity contribution is 0.0984. The first kappa shape index (κ1) is 13.7. The summed E-state index contributed by atoms with van der Waals surface area (Å²) in [6.07, 6.45) is 0.917. The fraction of sp³-hybridized carbons (Fsp3) is 0.286. The third kappa shape index (κ3) is 3.01. The normalized spacial score (nSPS) is 10.7. The summed E-state index contributed by atoms with van der Waals surface area (Å²) >= 11 is 5.92. The maximum Gasteiger partial charge on any atom is 0.185 e. The van der Waals surface area contributed by atoms with Crippen molar-refractivity contribution in [2.24, 2.45) is 7.05 Å². The van der Waals surface area contributed by atoms with Crippen LogP contribution in [0.15, 0.2) is 24.3 Å². The average molecular weight is 281 g/mol. The molecule has 0 N–H and O–H groups in total. The molecule has 0 atom stereocenters. The fourth-order valence-electron chi connectivity index (χ4n) is 1.89. The number of aryl methyl sites for hydroxylation is 2. The van der Waals surface area contributed by atoms with Gasteiger partial charge in [-0.25, -0.2) is 4.39 Å². The average Bonchev–Trinajstić information content (AvgIpc) is 2.74. The Morgan fingerprint density at radius 2 is 2.16 bits per heavy atom. The first-order valence-electron chi connectivity index (χ1n) is 6.01. The van der Waals surface area contributed by atoms with Crippen molar-refractivity contribution in [3.8, 4) is 0 Å². The second kappa shape index (κ2) is 5.53. The van der Waals surface area contributed by atoms with Gasteiger partial charge in [0.1, 0.15) is 11.5 Å². The topological polar surface area (TPSA) is 34.9 Å². The lowest BCUT2D eigenvalue weighted by Gasteiger charge is -2.04. The van der Waals surface area contributed by atoms with Crippen LogP contribution >= 0.6 is 11.6 Å². The number of nitrogens with zero attached hydrogens (tertiary/aromatic N) is 2. The van der Waals surface area contributed by atoms with Gasteiger partial charge in [0.15, 0.2) is 5.78 Å². The van der Waals surface area contributed by atoms with E-state index in [2.05, 4.69) is 5.10 Å². The lowest BCUT2D eigenvalue weighted by Crippen LogP contribution is -2.10. The van der Waals surface area contributed by atoms with E-state index in [1.54, 1.807) is 17.8 Å². The fourth-order valence-corrected chi connectivity index (χ4v) is 2.12. The van der Waals surface area contributed by atoms with Gasteiger partial charge < -0.3 is 0 Å². The van der Waals surface area contributed by atoms with Gasteiger partial charge in [-0.1, -0.05) is 24.6 Å². The third-order valence-corrected chi connectivity index (χ3v) is 3.30. The van der Waals surface area contributed by atoms with E-state index in [0.29, 0.717) is 11.3 Å². The van der Waals surface area contributed by atoms with Gasteiger partial charge in [0, 0.05) is 18.5 Å². The van der Waals surface area contributed by atoms with Crippen molar-refractivity contribution in [2.75, 3.05) is 0 Å². The predicted octanol–water partition coefficient (Wildman–Crippen LogP) is 3.20. The summed E-state index contributed by atoms with van der Waals surface area (Å²) < 4.78 is 14.5. The number of hydrogen-bond acceptors (Lipinski definition) is 2. The predicted molar refractivity (Wildman–Crippen MR) is 72.0 cm³/mol. The minimum atomic E-state index is -0.407. The molecule has 0 fully saturated rings. The van der Waals surface area contributed by atoms with Crippen molar-refractivity contribution >= 4 is 17.4 Å². The van der Waals surface area contributed by atoms with Crippen LogP contribution in [0.3, 0.4) is 0 Å². The van der Waals surface area contributed by atoms with E-state index >= 15 is 0 Å². The largest absolute Gasteiger partial charge is 0.292 e. The number of hydrogen-bond donors (Lipinski definition) is 0. The zero-order valence-electron chi connectivity index (χ0n) is 10.8. The molecule has 0 aliphatic heterocycles. The Bertz CT molecular complexity index is 622. The monoisotopic (exact) mass is 280 g/mol. The summed E-state index contributed by atoms with van der Waals surface area (Å²) in [6.45, 7) is 1.98. The Labute approximate surface area is 116 Å². The van der Waals surface area contributed by atoms with E-state index in [-0.39, 0.29) is 17.2 Å². The molecule has 1 aromatic heterocycles. The number of ketones is 1. The van der Waals surface area contributed by atoms with Crippen LogP contribution in [-0.4, -0.2) is 15.6 Å². The Hall–Kier alpha value is -1.68. The van der Waals surface area contributed by atoms with Crippen LogP contribution < -0.4 is 0 Å². The van der Waals surface area contributed by atoms with Gasteiger partial charge in [0.25, 0.3) is 0 Å². The minimum absolute atomic E-state index is 0.0804. The molecule has 0 amide bonds. The molecule has 0 saturated carbocycles. The van der Waals surface area contributed by atoms with E-state index < -0.39 is 5.82 Å². The molecule has 0 saturated heterocycles. The summed E-state index contributed by atoms with van der Waals surface area (Å²) in [5.41, 5.74) is 2.03. The molecule has 100 valence electrons. The Morgan fingerprint density at radius 3 is 2.74 bits per heavy atom. The molecule has 1 aromatic carbocycles. The Kier molecular flexibility index (Phi) is 4.00. The van der Waals surface area contributed by atoms with Crippen LogP contribution in [0.25, 0.3) is 0 Å². The molecular weight excluding hydrogens is 267 g/mol. The van der Waals surface area contributed by atoms with Crippen LogP contribution in [-0.2, 0) is 19.9 Å². The van der Waals surface area contributed by atoms with Crippen molar-refractivity contribution in [2.45, 2.75) is 19.8 Å². The van der Waals surface area contributed by atoms with Crippen LogP contribution in [0.4, 0.5) is 4.39 Å². The first-order chi connectivity index (χ1) is 9.01. The van der Waals surface area contributed by atoms with Crippen LogP contribution in [0.5, 0.6) is 0 Å². The first-order valence-corrected chi connectivity index (χ1v) is 6.39. The van der Waals surface area contributed by atoms with Crippen molar-refractivity contribution in [3.05, 3.63) is 52.1 Å². The van der Waals surface area contributed by atoms with E-state index in [4.69, 9.17) is 11.6 Å². The second-order valence-electron chi connectivity index (χ2n) is 4.33. The molecule has 0 bridgehead atoms. The highest BCUT2D eigenvalue weighted by atomic mass is 35.5. The highest BCUT2D eigenvalue weighted by molar-refractivity contribution is 6.31. The summed E-state index contributed by atoms with van der Waals surface area (Å²) in [4.78, 5) is 12.2. The van der Waals surface area contributed by atoms with Crippen molar-refractivity contribution in [1.82, 2.24) is 9.78 Å². The molecule has 0 aliphatic rings. The Balaban J connectivity index is 2.23. The van der Waals surface area contributed by atoms with Gasteiger partial charge in [-0.05, 0) is 30.2 Å². The van der Waals surface area contributed by atoms with Crippen molar-refractivity contribution in [1.29, 1.82) is 0 Å². The van der Waals surface area contributed by atoms with Gasteiger partial charge in [-0.3, -0.25) is 9.48 Å². The number of halogens is 2. The molecule has 5 heteroatoms. The van der Waals surface area contributed by atoms with E-state index in [1.165, 1.54) is 18.2 Å². The summed E-state index contributed by atoms with van der Waals surface area (Å²) in [5, 5.41) is 4.50. The Morgan fingerprint density at radius 1 is 1.42 bits per heavy atom. The number of aromatic nitrogens is 2. The highest BCUT2D eigenvalue weighted by Crippen LogP contribution is 2.19. The molecule has 2 aromatic rings. The SMILES string of the molecule is CCc1cc(C(=O)Cc2ccc(F)cc2Cl)n(C)n1. The van der Waals surface area contributed by atoms with E-state index in [9.17, 15) is 9.18 Å². The number of benzene rings is 1. The summed E-state index contributed by atoms with van der Waals surface area (Å²) in [5.74, 6) is -0.488. The highest BCUT2D eigenvalue weighted by Gasteiger charge is 2.15. The van der Waals surface area contributed by atoms with Crippen LogP contribution in [0.2, 0.25) is 5.02 Å². The molecule has 19 heavy (non-hydrogen) atoms. The molecular formula is C14H14ClFN2O. The minimum Gasteiger partial charge on any atom is -0.292 e. The van der Waals surface area contributed by atoms with Gasteiger partial charge in [0.2, 0.25) is 0 Å². The van der Waals surface area contributed by atoms with E-state index in [1.807, 2.05) is 6.92 Å². The van der Waals surface area contributed by atoms with E-state index in [0.717, 1.165) is 12.1 Å².